The van der Waals surface area contributed by atoms with Crippen LogP contribution in [0.2, 0.25) is 0 Å². The van der Waals surface area contributed by atoms with Crippen LogP contribution in [0.3, 0.4) is 0 Å². The average Bonchev–Trinajstić information content (AvgIpc) is 3.36. The maximum Gasteiger partial charge on any atom is 0.229 e. The summed E-state index contributed by atoms with van der Waals surface area (Å²) in [5, 5.41) is 4.10. The number of sulfonamides is 1. The summed E-state index contributed by atoms with van der Waals surface area (Å²) in [4.78, 5) is 6.77. The fourth-order valence-corrected chi connectivity index (χ4v) is 6.20. The van der Waals surface area contributed by atoms with Crippen LogP contribution in [0.1, 0.15) is 45.9 Å². The van der Waals surface area contributed by atoms with E-state index >= 15 is 0 Å². The first-order chi connectivity index (χ1) is 18.0. The molecule has 0 spiro atoms. The van der Waals surface area contributed by atoms with Gasteiger partial charge in [0.2, 0.25) is 10.0 Å². The molecule has 9 heteroatoms. The van der Waals surface area contributed by atoms with E-state index in [9.17, 15) is 8.42 Å². The van der Waals surface area contributed by atoms with Gasteiger partial charge in [-0.2, -0.15) is 0 Å². The third kappa shape index (κ3) is 4.79. The van der Waals surface area contributed by atoms with E-state index in [2.05, 4.69) is 76.5 Å². The van der Waals surface area contributed by atoms with Crippen LogP contribution >= 0.6 is 12.2 Å². The van der Waals surface area contributed by atoms with Crippen molar-refractivity contribution in [2.24, 2.45) is 0 Å². The molecule has 3 heterocycles. The summed E-state index contributed by atoms with van der Waals surface area (Å²) in [6.07, 6.45) is 2.93. The van der Waals surface area contributed by atoms with Crippen molar-refractivity contribution in [2.45, 2.75) is 39.8 Å². The van der Waals surface area contributed by atoms with Crippen molar-refractivity contribution in [1.82, 2.24) is 14.9 Å². The monoisotopic (exact) mass is 545 g/mol. The molecule has 196 valence electrons. The number of hydrogen-bond acceptors (Lipinski definition) is 4. The topological polar surface area (TPSA) is 79.3 Å². The molecule has 2 aromatic carbocycles. The highest BCUT2D eigenvalue weighted by Gasteiger charge is 2.42. The number of hydrogen-bond donors (Lipinski definition) is 2. The van der Waals surface area contributed by atoms with Crippen LogP contribution in [0.4, 0.5) is 11.4 Å². The minimum atomic E-state index is -3.37. The van der Waals surface area contributed by atoms with E-state index in [0.29, 0.717) is 10.8 Å². The van der Waals surface area contributed by atoms with Gasteiger partial charge in [-0.15, -0.1) is 0 Å². The predicted molar refractivity (Wildman–Crippen MR) is 158 cm³/mol. The minimum absolute atomic E-state index is 0.170. The number of anilines is 2. The normalized spacial score (nSPS) is 17.5. The number of nitrogens with one attached hydrogen (secondary N) is 2. The molecule has 7 nitrogen and oxygen atoms in total. The molecule has 1 saturated heterocycles. The molecule has 0 aliphatic carbocycles. The third-order valence-corrected chi connectivity index (χ3v) is 8.07. The lowest BCUT2D eigenvalue weighted by Gasteiger charge is -2.28. The molecule has 0 amide bonds. The van der Waals surface area contributed by atoms with E-state index in [1.165, 1.54) is 11.1 Å². The number of rotatable bonds is 6. The lowest BCUT2D eigenvalue weighted by atomic mass is 9.96. The molecule has 0 saturated carbocycles. The largest absolute Gasteiger partial charge is 0.351 e. The van der Waals surface area contributed by atoms with Crippen molar-refractivity contribution in [3.8, 4) is 5.69 Å². The van der Waals surface area contributed by atoms with Gasteiger partial charge in [-0.25, -0.2) is 8.42 Å². The SMILES string of the molecule is Cc1cccc(-n2c(C)cc([C@H]3[C@H](c4ccccn4)NC(=S)N3c3ccc(NS(C)(=O)=O)cc3)c2C)c1C. The van der Waals surface area contributed by atoms with E-state index in [1.807, 2.05) is 30.3 Å². The summed E-state index contributed by atoms with van der Waals surface area (Å²) in [6, 6.07) is 21.5. The Morgan fingerprint density at radius 1 is 0.974 bits per heavy atom. The molecule has 2 atom stereocenters. The number of aromatic nitrogens is 2. The molecular weight excluding hydrogens is 514 g/mol. The Hall–Kier alpha value is -3.69. The highest BCUT2D eigenvalue weighted by atomic mass is 32.2. The Kier molecular flexibility index (Phi) is 6.75. The van der Waals surface area contributed by atoms with Gasteiger partial charge in [-0.05, 0) is 105 Å². The van der Waals surface area contributed by atoms with Gasteiger partial charge < -0.3 is 14.8 Å². The van der Waals surface area contributed by atoms with Gasteiger partial charge in [0.1, 0.15) is 0 Å². The predicted octanol–water partition coefficient (Wildman–Crippen LogP) is 5.65. The Morgan fingerprint density at radius 2 is 1.71 bits per heavy atom. The van der Waals surface area contributed by atoms with Crippen LogP contribution in [0.15, 0.2) is 72.9 Å². The quantitative estimate of drug-likeness (QED) is 0.305. The maximum atomic E-state index is 11.7. The van der Waals surface area contributed by atoms with Crippen LogP contribution in [0.25, 0.3) is 5.69 Å². The zero-order valence-corrected chi connectivity index (χ0v) is 23.7. The van der Waals surface area contributed by atoms with Crippen molar-refractivity contribution in [1.29, 1.82) is 0 Å². The molecule has 5 rings (SSSR count). The lowest BCUT2D eigenvalue weighted by molar-refractivity contribution is 0.565. The molecule has 0 bridgehead atoms. The van der Waals surface area contributed by atoms with E-state index in [4.69, 9.17) is 12.2 Å². The first-order valence-electron chi connectivity index (χ1n) is 12.4. The van der Waals surface area contributed by atoms with E-state index in [0.717, 1.165) is 40.3 Å². The Balaban J connectivity index is 1.65. The molecule has 2 N–H and O–H groups in total. The summed E-state index contributed by atoms with van der Waals surface area (Å²) in [7, 11) is -3.37. The van der Waals surface area contributed by atoms with Gasteiger partial charge in [0, 0.05) is 34.6 Å². The Labute approximate surface area is 229 Å². The third-order valence-electron chi connectivity index (χ3n) is 7.15. The van der Waals surface area contributed by atoms with Crippen LogP contribution in [0, 0.1) is 27.7 Å². The lowest BCUT2D eigenvalue weighted by Crippen LogP contribution is -2.29. The van der Waals surface area contributed by atoms with Gasteiger partial charge >= 0.3 is 0 Å². The van der Waals surface area contributed by atoms with Crippen molar-refractivity contribution >= 4 is 38.7 Å². The second-order valence-corrected chi connectivity index (χ2v) is 11.9. The van der Waals surface area contributed by atoms with Crippen LogP contribution < -0.4 is 14.9 Å². The zero-order valence-electron chi connectivity index (χ0n) is 22.1. The molecule has 1 aliphatic heterocycles. The molecule has 0 unspecified atom stereocenters. The van der Waals surface area contributed by atoms with Gasteiger partial charge in [0.15, 0.2) is 5.11 Å². The van der Waals surface area contributed by atoms with E-state index in [-0.39, 0.29) is 12.1 Å². The fraction of sp³-hybridized carbons (Fsp3) is 0.241. The van der Waals surface area contributed by atoms with Crippen molar-refractivity contribution < 1.29 is 8.42 Å². The van der Waals surface area contributed by atoms with Crippen LogP contribution in [-0.4, -0.2) is 29.3 Å². The molecule has 4 aromatic rings. The zero-order chi connectivity index (χ0) is 27.2. The van der Waals surface area contributed by atoms with Crippen molar-refractivity contribution in [3.63, 3.8) is 0 Å². The first kappa shape index (κ1) is 25.9. The number of pyridine rings is 1. The summed E-state index contributed by atoms with van der Waals surface area (Å²) in [6.45, 7) is 8.57. The molecule has 38 heavy (non-hydrogen) atoms. The van der Waals surface area contributed by atoms with Crippen LogP contribution in [-0.2, 0) is 10.0 Å². The Bertz CT molecular complexity index is 1610. The molecule has 0 radical (unpaired) electrons. The molecule has 1 aliphatic rings. The summed E-state index contributed by atoms with van der Waals surface area (Å²) < 4.78 is 28.2. The number of benzene rings is 2. The van der Waals surface area contributed by atoms with Crippen molar-refractivity contribution in [2.75, 3.05) is 15.9 Å². The molecule has 2 aromatic heterocycles. The van der Waals surface area contributed by atoms with Gasteiger partial charge in [0.25, 0.3) is 0 Å². The number of aryl methyl sites for hydroxylation is 2. The second-order valence-electron chi connectivity index (χ2n) is 9.80. The van der Waals surface area contributed by atoms with E-state index in [1.54, 1.807) is 18.3 Å². The average molecular weight is 546 g/mol. The van der Waals surface area contributed by atoms with E-state index < -0.39 is 10.0 Å². The number of thiocarbonyl (C=S) groups is 1. The van der Waals surface area contributed by atoms with Crippen LogP contribution in [0.5, 0.6) is 0 Å². The second kappa shape index (κ2) is 9.89. The Morgan fingerprint density at radius 3 is 2.37 bits per heavy atom. The summed E-state index contributed by atoms with van der Waals surface area (Å²) >= 11 is 5.88. The summed E-state index contributed by atoms with van der Waals surface area (Å²) in [5.74, 6) is 0. The summed E-state index contributed by atoms with van der Waals surface area (Å²) in [5.41, 5.74) is 9.33. The maximum absolute atomic E-state index is 11.7. The first-order valence-corrected chi connectivity index (χ1v) is 14.7. The standard InChI is InChI=1S/C29H31N5O2S2/c1-18-9-8-11-26(20(18)3)33-19(2)17-24(21(33)4)28-27(25-10-6-7-16-30-25)31-29(37)34(28)23-14-12-22(13-15-23)32-38(5,35)36/h6-17,27-28,32H,1-5H3,(H,31,37)/t27-,28-/m0/s1. The minimum Gasteiger partial charge on any atom is -0.351 e. The highest BCUT2D eigenvalue weighted by Crippen LogP contribution is 2.44. The van der Waals surface area contributed by atoms with Gasteiger partial charge in [-0.3, -0.25) is 9.71 Å². The molecular formula is C29H31N5O2S2. The fourth-order valence-electron chi connectivity index (χ4n) is 5.29. The highest BCUT2D eigenvalue weighted by molar-refractivity contribution is 7.92. The number of nitrogens with zero attached hydrogens (tertiary/aromatic N) is 3. The van der Waals surface area contributed by atoms with Gasteiger partial charge in [0.05, 0.1) is 24.0 Å². The molecule has 1 fully saturated rings. The van der Waals surface area contributed by atoms with Gasteiger partial charge in [-0.1, -0.05) is 18.2 Å². The van der Waals surface area contributed by atoms with Crippen molar-refractivity contribution in [3.05, 3.63) is 107 Å². The smallest absolute Gasteiger partial charge is 0.229 e.